The molecule has 0 aromatic carbocycles. The van der Waals surface area contributed by atoms with Gasteiger partial charge >= 0.3 is 79.2 Å². The van der Waals surface area contributed by atoms with Crippen LogP contribution >= 0.6 is 0 Å². The highest BCUT2D eigenvalue weighted by atomic mass is 28.6. The van der Waals surface area contributed by atoms with Gasteiger partial charge in [-0.05, 0) is 0 Å². The lowest BCUT2D eigenvalue weighted by molar-refractivity contribution is 0.0479. The van der Waals surface area contributed by atoms with Crippen molar-refractivity contribution in [3.63, 3.8) is 0 Å². The van der Waals surface area contributed by atoms with Crippen molar-refractivity contribution in [1.29, 1.82) is 0 Å². The second-order valence-electron chi connectivity index (χ2n) is 10.3. The Kier molecular flexibility index (Phi) is 15.6. The van der Waals surface area contributed by atoms with Gasteiger partial charge < -0.3 is 77.2 Å². The molecule has 1 heterocycles. The molecular formula is C17H52O18Si9. The summed E-state index contributed by atoms with van der Waals surface area (Å²) in [6.45, 7) is 14.2. The van der Waals surface area contributed by atoms with Gasteiger partial charge in [-0.15, -0.1) is 0 Å². The summed E-state index contributed by atoms with van der Waals surface area (Å²) in [4.78, 5) is 11.3. The molecule has 4 unspecified atom stereocenters. The van der Waals surface area contributed by atoms with Crippen LogP contribution in [0.15, 0.2) is 0 Å². The largest absolute Gasteiger partial charge is 0.489 e. The van der Waals surface area contributed by atoms with Crippen LogP contribution in [0.4, 0.5) is 0 Å². The molecule has 44 heavy (non-hydrogen) atoms. The minimum atomic E-state index is -4.17. The first kappa shape index (κ1) is 43.3. The van der Waals surface area contributed by atoms with E-state index in [0.29, 0.717) is 0 Å². The van der Waals surface area contributed by atoms with Crippen LogP contribution in [-0.4, -0.2) is 141 Å². The van der Waals surface area contributed by atoms with E-state index in [9.17, 15) is 4.80 Å². The van der Waals surface area contributed by atoms with E-state index in [2.05, 4.69) is 0 Å². The summed E-state index contributed by atoms with van der Waals surface area (Å²) in [6, 6.07) is 0. The van der Waals surface area contributed by atoms with Crippen molar-refractivity contribution in [2.24, 2.45) is 0 Å². The van der Waals surface area contributed by atoms with Crippen molar-refractivity contribution < 1.29 is 77.2 Å². The molecule has 0 amide bonds. The standard InChI is InChI=1S/C17H52O18Si9/c1-19-37(10,20-2)29-43(16,30-38(11,21-3)22-4)35-44(17)33-41(14,25-7)31-39(12,23-5)27-36(9,18)28-40(13,24-6)32-42(15,26-8)34-44/h18H,1-17H3. The Labute approximate surface area is 271 Å². The number of hydrogen-bond donors (Lipinski definition) is 1. The Bertz CT molecular complexity index is 860. The number of rotatable bonds is 14. The van der Waals surface area contributed by atoms with Gasteiger partial charge in [0.2, 0.25) is 0 Å². The lowest BCUT2D eigenvalue weighted by Gasteiger charge is -2.47. The molecular weight excluding hydrogens is 745 g/mol. The molecule has 1 aliphatic heterocycles. The monoisotopic (exact) mass is 796 g/mol. The Morgan fingerprint density at radius 1 is 0.409 bits per heavy atom. The molecule has 1 N–H and O–H groups in total. The van der Waals surface area contributed by atoms with Crippen LogP contribution in [0.5, 0.6) is 0 Å². The summed E-state index contributed by atoms with van der Waals surface area (Å²) >= 11 is 0. The fraction of sp³-hybridized carbons (Fsp3) is 1.00. The third kappa shape index (κ3) is 12.3. The van der Waals surface area contributed by atoms with Crippen molar-refractivity contribution in [3.8, 4) is 0 Å². The minimum absolute atomic E-state index is 1.38. The summed E-state index contributed by atoms with van der Waals surface area (Å²) in [5, 5.41) is 0. The van der Waals surface area contributed by atoms with E-state index in [0.717, 1.165) is 0 Å². The molecule has 18 nitrogen and oxygen atoms in total. The van der Waals surface area contributed by atoms with Crippen molar-refractivity contribution in [2.45, 2.75) is 58.9 Å². The Hall–Kier alpha value is 1.23. The van der Waals surface area contributed by atoms with Crippen LogP contribution in [0.1, 0.15) is 0 Å². The van der Waals surface area contributed by atoms with E-state index in [-0.39, 0.29) is 0 Å². The first-order valence-corrected chi connectivity index (χ1v) is 33.4. The summed E-state index contributed by atoms with van der Waals surface area (Å²) < 4.78 is 103. The average Bonchev–Trinajstić information content (AvgIpc) is 2.90. The van der Waals surface area contributed by atoms with Gasteiger partial charge in [0.25, 0.3) is 0 Å². The molecule has 4 atom stereocenters. The van der Waals surface area contributed by atoms with Crippen LogP contribution in [0.2, 0.25) is 58.9 Å². The van der Waals surface area contributed by atoms with Crippen molar-refractivity contribution in [2.75, 3.05) is 56.9 Å². The zero-order chi connectivity index (χ0) is 34.5. The van der Waals surface area contributed by atoms with E-state index >= 15 is 0 Å². The van der Waals surface area contributed by atoms with Gasteiger partial charge in [-0.25, -0.2) is 0 Å². The second-order valence-corrected chi connectivity index (χ2v) is 36.6. The normalized spacial score (nSPS) is 37.0. The maximum absolute atomic E-state index is 11.3. The van der Waals surface area contributed by atoms with Crippen LogP contribution in [0, 0.1) is 0 Å². The zero-order valence-corrected chi connectivity index (χ0v) is 37.9. The molecule has 264 valence electrons. The third-order valence-electron chi connectivity index (χ3n) is 6.31. The molecule has 0 aromatic heterocycles. The van der Waals surface area contributed by atoms with Crippen LogP contribution in [0.25, 0.3) is 0 Å². The predicted octanol–water partition coefficient (Wildman–Crippen LogP) is 1.43. The Morgan fingerprint density at radius 2 is 0.659 bits per heavy atom. The molecule has 1 rings (SSSR count). The molecule has 0 bridgehead atoms. The maximum atomic E-state index is 11.3. The van der Waals surface area contributed by atoms with Crippen LogP contribution < -0.4 is 0 Å². The van der Waals surface area contributed by atoms with Gasteiger partial charge in [-0.3, -0.25) is 0 Å². The fourth-order valence-corrected chi connectivity index (χ4v) is 38.6. The molecule has 1 aliphatic rings. The van der Waals surface area contributed by atoms with Crippen LogP contribution in [-0.2, 0) is 72.4 Å². The molecule has 0 saturated carbocycles. The van der Waals surface area contributed by atoms with Crippen molar-refractivity contribution in [3.05, 3.63) is 0 Å². The molecule has 27 heteroatoms. The van der Waals surface area contributed by atoms with Gasteiger partial charge in [0, 0.05) is 116 Å². The first-order chi connectivity index (χ1) is 19.8. The second kappa shape index (κ2) is 15.8. The quantitative estimate of drug-likeness (QED) is 0.250. The Morgan fingerprint density at radius 3 is 0.909 bits per heavy atom. The van der Waals surface area contributed by atoms with E-state index in [4.69, 9.17) is 72.4 Å². The summed E-state index contributed by atoms with van der Waals surface area (Å²) in [7, 11) is -22.7. The van der Waals surface area contributed by atoms with E-state index < -0.39 is 79.2 Å². The van der Waals surface area contributed by atoms with Gasteiger partial charge in [0.15, 0.2) is 0 Å². The average molecular weight is 797 g/mol. The van der Waals surface area contributed by atoms with Crippen molar-refractivity contribution in [1.82, 2.24) is 0 Å². The lowest BCUT2D eigenvalue weighted by Crippen LogP contribution is -2.72. The smallest absolute Gasteiger partial charge is 0.391 e. The molecule has 1 fully saturated rings. The molecule has 0 radical (unpaired) electrons. The third-order valence-corrected chi connectivity index (χ3v) is 39.0. The topological polar surface area (TPSA) is 177 Å². The van der Waals surface area contributed by atoms with E-state index in [1.807, 2.05) is 0 Å². The predicted molar refractivity (Wildman–Crippen MR) is 173 cm³/mol. The van der Waals surface area contributed by atoms with Gasteiger partial charge in [0.1, 0.15) is 0 Å². The van der Waals surface area contributed by atoms with Crippen LogP contribution in [0.3, 0.4) is 0 Å². The Balaban J connectivity index is 3.95. The minimum Gasteiger partial charge on any atom is -0.391 e. The molecule has 0 aliphatic carbocycles. The van der Waals surface area contributed by atoms with Gasteiger partial charge in [-0.1, -0.05) is 0 Å². The van der Waals surface area contributed by atoms with Gasteiger partial charge in [0.05, 0.1) is 0 Å². The SMILES string of the molecule is CO[Si](C)(OC)O[Si](C)(O[Si](C)(OC)OC)O[Si]1(C)O[Si](C)(OC)O[Si](C)(OC)O[Si](C)(O)O[Si](C)(OC)O[Si](C)(OC)O1. The van der Waals surface area contributed by atoms with Gasteiger partial charge in [-0.2, -0.15) is 0 Å². The number of hydrogen-bond acceptors (Lipinski definition) is 18. The summed E-state index contributed by atoms with van der Waals surface area (Å²) in [5.41, 5.74) is 0. The molecule has 0 aromatic rings. The maximum Gasteiger partial charge on any atom is 0.489 e. The fourth-order valence-electron chi connectivity index (χ4n) is 3.94. The first-order valence-electron chi connectivity index (χ1n) is 13.3. The molecule has 0 spiro atoms. The lowest BCUT2D eigenvalue weighted by atomic mass is 11.8. The highest BCUT2D eigenvalue weighted by Gasteiger charge is 2.65. The highest BCUT2D eigenvalue weighted by Crippen LogP contribution is 2.35. The highest BCUT2D eigenvalue weighted by molar-refractivity contribution is 6.91. The van der Waals surface area contributed by atoms with E-state index in [1.165, 1.54) is 63.4 Å². The zero-order valence-electron chi connectivity index (χ0n) is 28.9. The van der Waals surface area contributed by atoms with Crippen molar-refractivity contribution >= 4 is 79.2 Å². The summed E-state index contributed by atoms with van der Waals surface area (Å²) in [5.74, 6) is 0. The molecule has 1 saturated heterocycles. The summed E-state index contributed by atoms with van der Waals surface area (Å²) in [6.07, 6.45) is 0. The van der Waals surface area contributed by atoms with E-state index in [1.54, 1.807) is 52.4 Å².